The van der Waals surface area contributed by atoms with Crippen molar-refractivity contribution in [1.29, 1.82) is 0 Å². The van der Waals surface area contributed by atoms with Gasteiger partial charge in [0.05, 0.1) is 6.61 Å². The van der Waals surface area contributed by atoms with Crippen LogP contribution in [0.25, 0.3) is 0 Å². The van der Waals surface area contributed by atoms with Gasteiger partial charge in [-0.25, -0.2) is 0 Å². The number of ether oxygens (including phenoxy) is 2. The fourth-order valence-corrected chi connectivity index (χ4v) is 2.09. The quantitative estimate of drug-likeness (QED) is 0.846. The molecule has 4 heteroatoms. The number of benzene rings is 2. The lowest BCUT2D eigenvalue weighted by Crippen LogP contribution is -2.01. The van der Waals surface area contributed by atoms with Crippen LogP contribution in [0.4, 0.5) is 5.69 Å². The Morgan fingerprint density at radius 3 is 2.37 bits per heavy atom. The number of nitrogens with two attached hydrogens (primary N) is 1. The van der Waals surface area contributed by atoms with E-state index >= 15 is 0 Å². The fourth-order valence-electron chi connectivity index (χ4n) is 1.71. The molecule has 2 N–H and O–H groups in total. The van der Waals surface area contributed by atoms with Gasteiger partial charge in [-0.3, -0.25) is 0 Å². The zero-order chi connectivity index (χ0) is 13.7. The van der Waals surface area contributed by atoms with Crippen LogP contribution >= 0.6 is 15.9 Å². The number of para-hydroxylation sites is 2. The average molecular weight is 322 g/mol. The van der Waals surface area contributed by atoms with Gasteiger partial charge in [0.1, 0.15) is 6.61 Å². The topological polar surface area (TPSA) is 44.5 Å². The maximum atomic E-state index is 5.84. The molecule has 2 aromatic carbocycles. The van der Waals surface area contributed by atoms with Crippen LogP contribution in [0.5, 0.6) is 11.5 Å². The second-order valence-corrected chi connectivity index (χ2v) is 4.78. The minimum absolute atomic E-state index is 0.440. The third-order valence-electron chi connectivity index (χ3n) is 2.64. The molecule has 19 heavy (non-hydrogen) atoms. The van der Waals surface area contributed by atoms with Crippen LogP contribution in [0.15, 0.2) is 46.9 Å². The van der Waals surface area contributed by atoms with Gasteiger partial charge >= 0.3 is 0 Å². The fraction of sp³-hybridized carbons (Fsp3) is 0.200. The lowest BCUT2D eigenvalue weighted by molar-refractivity contribution is 0.269. The van der Waals surface area contributed by atoms with E-state index in [1.165, 1.54) is 0 Å². The first kappa shape index (κ1) is 13.7. The first-order valence-corrected chi connectivity index (χ1v) is 6.89. The molecule has 0 spiro atoms. The molecule has 0 atom stereocenters. The first-order chi connectivity index (χ1) is 9.22. The van der Waals surface area contributed by atoms with Crippen LogP contribution in [-0.2, 0) is 6.61 Å². The number of rotatable bonds is 5. The predicted molar refractivity (Wildman–Crippen MR) is 80.5 cm³/mol. The Balaban J connectivity index is 2.12. The van der Waals surface area contributed by atoms with Crippen molar-refractivity contribution < 1.29 is 9.47 Å². The maximum Gasteiger partial charge on any atom is 0.161 e. The van der Waals surface area contributed by atoms with Gasteiger partial charge < -0.3 is 15.2 Å². The predicted octanol–water partition coefficient (Wildman–Crippen LogP) is 4.01. The zero-order valence-electron chi connectivity index (χ0n) is 10.7. The van der Waals surface area contributed by atoms with E-state index in [4.69, 9.17) is 15.2 Å². The van der Waals surface area contributed by atoms with E-state index in [0.29, 0.717) is 18.9 Å². The van der Waals surface area contributed by atoms with E-state index < -0.39 is 0 Å². The van der Waals surface area contributed by atoms with Gasteiger partial charge in [-0.15, -0.1) is 0 Å². The van der Waals surface area contributed by atoms with Gasteiger partial charge in [-0.2, -0.15) is 0 Å². The Labute approximate surface area is 121 Å². The van der Waals surface area contributed by atoms with Crippen molar-refractivity contribution in [3.05, 3.63) is 52.5 Å². The molecule has 0 aromatic heterocycles. The summed E-state index contributed by atoms with van der Waals surface area (Å²) in [4.78, 5) is 0. The molecule has 0 saturated carbocycles. The summed E-state index contributed by atoms with van der Waals surface area (Å²) in [6.07, 6.45) is 0. The van der Waals surface area contributed by atoms with E-state index in [1.807, 2.05) is 49.4 Å². The second-order valence-electron chi connectivity index (χ2n) is 3.99. The minimum atomic E-state index is 0.440. The molecule has 0 amide bonds. The van der Waals surface area contributed by atoms with Crippen LogP contribution in [-0.4, -0.2) is 6.61 Å². The number of anilines is 1. The smallest absolute Gasteiger partial charge is 0.161 e. The summed E-state index contributed by atoms with van der Waals surface area (Å²) < 4.78 is 12.2. The Kier molecular flexibility index (Phi) is 4.68. The van der Waals surface area contributed by atoms with E-state index in [0.717, 1.165) is 21.5 Å². The standard InChI is InChI=1S/C15H16BrNO2/c1-2-18-13-8-3-4-9-14(13)19-10-11-6-5-7-12(17)15(11)16/h3-9H,2,10,17H2,1H3. The summed E-state index contributed by atoms with van der Waals surface area (Å²) in [5.74, 6) is 1.49. The van der Waals surface area contributed by atoms with Gasteiger partial charge in [0.15, 0.2) is 11.5 Å². The normalized spacial score (nSPS) is 10.2. The molecule has 0 fully saturated rings. The van der Waals surface area contributed by atoms with E-state index in [2.05, 4.69) is 15.9 Å². The Bertz CT molecular complexity index is 558. The summed E-state index contributed by atoms with van der Waals surface area (Å²) in [7, 11) is 0. The summed E-state index contributed by atoms with van der Waals surface area (Å²) >= 11 is 3.47. The molecule has 0 unspecified atom stereocenters. The Morgan fingerprint density at radius 1 is 1.00 bits per heavy atom. The number of hydrogen-bond donors (Lipinski definition) is 1. The SMILES string of the molecule is CCOc1ccccc1OCc1cccc(N)c1Br. The molecule has 2 aromatic rings. The molecule has 0 bridgehead atoms. The zero-order valence-corrected chi connectivity index (χ0v) is 12.3. The highest BCUT2D eigenvalue weighted by atomic mass is 79.9. The molecule has 0 heterocycles. The summed E-state index contributed by atoms with van der Waals surface area (Å²) in [5.41, 5.74) is 7.55. The van der Waals surface area contributed by atoms with Crippen LogP contribution < -0.4 is 15.2 Å². The van der Waals surface area contributed by atoms with Crippen molar-refractivity contribution >= 4 is 21.6 Å². The van der Waals surface area contributed by atoms with Crippen LogP contribution in [0, 0.1) is 0 Å². The number of nitrogen functional groups attached to an aromatic ring is 1. The Hall–Kier alpha value is -1.68. The van der Waals surface area contributed by atoms with E-state index in [1.54, 1.807) is 0 Å². The van der Waals surface area contributed by atoms with Crippen LogP contribution in [0.1, 0.15) is 12.5 Å². The van der Waals surface area contributed by atoms with Crippen molar-refractivity contribution in [1.82, 2.24) is 0 Å². The van der Waals surface area contributed by atoms with Gasteiger partial charge in [-0.05, 0) is 41.1 Å². The molecular weight excluding hydrogens is 306 g/mol. The third kappa shape index (κ3) is 3.41. The first-order valence-electron chi connectivity index (χ1n) is 6.10. The summed E-state index contributed by atoms with van der Waals surface area (Å²) in [6, 6.07) is 13.4. The lowest BCUT2D eigenvalue weighted by atomic mass is 10.2. The summed E-state index contributed by atoms with van der Waals surface area (Å²) in [5, 5.41) is 0. The molecule has 0 saturated heterocycles. The second kappa shape index (κ2) is 6.48. The van der Waals surface area contributed by atoms with Crippen LogP contribution in [0.2, 0.25) is 0 Å². The molecular formula is C15H16BrNO2. The molecule has 3 nitrogen and oxygen atoms in total. The molecule has 0 aliphatic heterocycles. The highest BCUT2D eigenvalue weighted by molar-refractivity contribution is 9.10. The van der Waals surface area contributed by atoms with Crippen molar-refractivity contribution in [3.63, 3.8) is 0 Å². The van der Waals surface area contributed by atoms with Gasteiger partial charge in [0.2, 0.25) is 0 Å². The van der Waals surface area contributed by atoms with Crippen molar-refractivity contribution in [2.24, 2.45) is 0 Å². The molecule has 100 valence electrons. The monoisotopic (exact) mass is 321 g/mol. The molecule has 0 aliphatic rings. The summed E-state index contributed by atoms with van der Waals surface area (Å²) in [6.45, 7) is 3.00. The highest BCUT2D eigenvalue weighted by Gasteiger charge is 2.07. The largest absolute Gasteiger partial charge is 0.490 e. The van der Waals surface area contributed by atoms with Gasteiger partial charge in [0.25, 0.3) is 0 Å². The lowest BCUT2D eigenvalue weighted by Gasteiger charge is -2.12. The minimum Gasteiger partial charge on any atom is -0.490 e. The maximum absolute atomic E-state index is 5.84. The van der Waals surface area contributed by atoms with Crippen molar-refractivity contribution in [2.75, 3.05) is 12.3 Å². The Morgan fingerprint density at radius 2 is 1.68 bits per heavy atom. The van der Waals surface area contributed by atoms with Crippen LogP contribution in [0.3, 0.4) is 0 Å². The third-order valence-corrected chi connectivity index (χ3v) is 3.61. The molecule has 2 rings (SSSR count). The van der Waals surface area contributed by atoms with Gasteiger partial charge in [-0.1, -0.05) is 24.3 Å². The molecule has 0 aliphatic carbocycles. The van der Waals surface area contributed by atoms with Crippen molar-refractivity contribution in [3.8, 4) is 11.5 Å². The number of halogens is 1. The number of hydrogen-bond acceptors (Lipinski definition) is 3. The van der Waals surface area contributed by atoms with E-state index in [-0.39, 0.29) is 0 Å². The van der Waals surface area contributed by atoms with Gasteiger partial charge in [0, 0.05) is 15.7 Å². The average Bonchev–Trinajstić information content (AvgIpc) is 2.42. The van der Waals surface area contributed by atoms with E-state index in [9.17, 15) is 0 Å². The van der Waals surface area contributed by atoms with Crippen molar-refractivity contribution in [2.45, 2.75) is 13.5 Å². The molecule has 0 radical (unpaired) electrons. The highest BCUT2D eigenvalue weighted by Crippen LogP contribution is 2.29.